The van der Waals surface area contributed by atoms with Gasteiger partial charge in [0, 0.05) is 0 Å². The fraction of sp³-hybridized carbons (Fsp3) is 0.240. The molecular weight excluding hydrogens is 492 g/mol. The molecule has 3 aromatic carbocycles. The lowest BCUT2D eigenvalue weighted by Crippen LogP contribution is -2.45. The molecule has 0 spiro atoms. The third-order valence-corrected chi connectivity index (χ3v) is 7.50. The molecule has 0 saturated heterocycles. The fourth-order valence-electron chi connectivity index (χ4n) is 3.54. The Kier molecular flexibility index (Phi) is 7.37. The van der Waals surface area contributed by atoms with Gasteiger partial charge in [0.2, 0.25) is 5.91 Å². The third kappa shape index (κ3) is 5.63. The monoisotopic (exact) mass is 516 g/mol. The number of halogens is 1. The van der Waals surface area contributed by atoms with E-state index in [4.69, 9.17) is 25.8 Å². The highest BCUT2D eigenvalue weighted by Crippen LogP contribution is 2.32. The van der Waals surface area contributed by atoms with E-state index in [0.717, 1.165) is 9.87 Å². The first-order valence-corrected chi connectivity index (χ1v) is 12.7. The Hall–Kier alpha value is -3.43. The number of nitrogens with one attached hydrogen (secondary N) is 1. The molecule has 184 valence electrons. The van der Waals surface area contributed by atoms with E-state index < -0.39 is 28.6 Å². The summed E-state index contributed by atoms with van der Waals surface area (Å²) < 4.78 is 44.7. The number of carbonyl (C=O) groups is 1. The lowest BCUT2D eigenvalue weighted by Gasteiger charge is -2.27. The van der Waals surface area contributed by atoms with E-state index in [9.17, 15) is 13.2 Å². The van der Waals surface area contributed by atoms with Gasteiger partial charge in [-0.2, -0.15) is 0 Å². The number of sulfonamides is 1. The average Bonchev–Trinajstić information content (AvgIpc) is 2.86. The van der Waals surface area contributed by atoms with Gasteiger partial charge in [0.1, 0.15) is 25.0 Å². The van der Waals surface area contributed by atoms with Crippen molar-refractivity contribution < 1.29 is 27.4 Å². The van der Waals surface area contributed by atoms with Crippen molar-refractivity contribution in [1.82, 2.24) is 5.32 Å². The molecule has 0 radical (unpaired) electrons. The van der Waals surface area contributed by atoms with E-state index in [0.29, 0.717) is 17.2 Å². The van der Waals surface area contributed by atoms with Crippen LogP contribution in [0, 0.1) is 6.92 Å². The summed E-state index contributed by atoms with van der Waals surface area (Å²) in [6.45, 7) is 1.81. The van der Waals surface area contributed by atoms with Crippen LogP contribution < -0.4 is 23.8 Å². The summed E-state index contributed by atoms with van der Waals surface area (Å²) in [7, 11) is -2.61. The topological polar surface area (TPSA) is 94.2 Å². The molecule has 1 amide bonds. The number of carbonyl (C=O) groups excluding carboxylic acids is 1. The zero-order valence-electron chi connectivity index (χ0n) is 19.2. The molecule has 1 aliphatic rings. The molecule has 0 bridgehead atoms. The SMILES string of the molecule is COc1ccc(N(CC(=O)NCC2COc3ccccc3O2)S(=O)(=O)c2ccc(C)cc2)cc1Cl. The summed E-state index contributed by atoms with van der Waals surface area (Å²) in [5, 5.41) is 2.97. The van der Waals surface area contributed by atoms with Crippen molar-refractivity contribution in [2.75, 3.05) is 31.1 Å². The van der Waals surface area contributed by atoms with Gasteiger partial charge in [0.05, 0.1) is 29.3 Å². The van der Waals surface area contributed by atoms with Crippen LogP contribution in [0.4, 0.5) is 5.69 Å². The largest absolute Gasteiger partial charge is 0.495 e. The number of hydrogen-bond acceptors (Lipinski definition) is 6. The molecule has 4 rings (SSSR count). The van der Waals surface area contributed by atoms with Gasteiger partial charge in [0.25, 0.3) is 10.0 Å². The molecule has 10 heteroatoms. The Morgan fingerprint density at radius 2 is 1.83 bits per heavy atom. The molecule has 1 unspecified atom stereocenters. The average molecular weight is 517 g/mol. The zero-order chi connectivity index (χ0) is 25.0. The van der Waals surface area contributed by atoms with Gasteiger partial charge in [-0.15, -0.1) is 0 Å². The Labute approximate surface area is 209 Å². The van der Waals surface area contributed by atoms with Gasteiger partial charge in [-0.1, -0.05) is 41.4 Å². The number of anilines is 1. The molecule has 0 saturated carbocycles. The summed E-state index contributed by atoms with van der Waals surface area (Å²) in [5.41, 5.74) is 1.15. The van der Waals surface area contributed by atoms with Crippen molar-refractivity contribution in [1.29, 1.82) is 0 Å². The van der Waals surface area contributed by atoms with Crippen LogP contribution in [0.25, 0.3) is 0 Å². The molecule has 1 N–H and O–H groups in total. The molecule has 0 fully saturated rings. The zero-order valence-corrected chi connectivity index (χ0v) is 20.8. The lowest BCUT2D eigenvalue weighted by atomic mass is 10.2. The summed E-state index contributed by atoms with van der Waals surface area (Å²) in [6.07, 6.45) is -0.411. The standard InChI is InChI=1S/C25H25ClN2O6S/c1-17-7-10-20(11-8-17)35(30,31)28(18-9-12-22(32-2)21(26)13-18)15-25(29)27-14-19-16-33-23-5-3-4-6-24(23)34-19/h3-13,19H,14-16H2,1-2H3,(H,27,29). The van der Waals surface area contributed by atoms with Gasteiger partial charge in [-0.3, -0.25) is 9.10 Å². The Morgan fingerprint density at radius 3 is 2.51 bits per heavy atom. The second kappa shape index (κ2) is 10.5. The van der Waals surface area contributed by atoms with Crippen molar-refractivity contribution in [3.05, 3.63) is 77.3 Å². The number of benzene rings is 3. The number of aryl methyl sites for hydroxylation is 1. The normalized spacial score (nSPS) is 14.8. The molecule has 1 aliphatic heterocycles. The van der Waals surface area contributed by atoms with E-state index in [1.54, 1.807) is 36.4 Å². The van der Waals surface area contributed by atoms with Gasteiger partial charge < -0.3 is 19.5 Å². The van der Waals surface area contributed by atoms with Crippen molar-refractivity contribution >= 4 is 33.2 Å². The molecule has 0 aliphatic carbocycles. The number of amides is 1. The smallest absolute Gasteiger partial charge is 0.264 e. The van der Waals surface area contributed by atoms with Gasteiger partial charge in [0.15, 0.2) is 11.5 Å². The quantitative estimate of drug-likeness (QED) is 0.489. The van der Waals surface area contributed by atoms with Crippen molar-refractivity contribution in [2.24, 2.45) is 0 Å². The number of rotatable bonds is 8. The fourth-order valence-corrected chi connectivity index (χ4v) is 5.21. The van der Waals surface area contributed by atoms with E-state index in [1.165, 1.54) is 25.3 Å². The van der Waals surface area contributed by atoms with Crippen LogP contribution in [0.3, 0.4) is 0 Å². The summed E-state index contributed by atoms with van der Waals surface area (Å²) in [4.78, 5) is 12.9. The second-order valence-electron chi connectivity index (χ2n) is 7.95. The predicted molar refractivity (Wildman–Crippen MR) is 133 cm³/mol. The van der Waals surface area contributed by atoms with E-state index in [1.807, 2.05) is 19.1 Å². The summed E-state index contributed by atoms with van der Waals surface area (Å²) in [6, 6.07) is 18.2. The number of nitrogens with zero attached hydrogens (tertiary/aromatic N) is 1. The van der Waals surface area contributed by atoms with Crippen LogP contribution in [0.5, 0.6) is 17.2 Å². The maximum absolute atomic E-state index is 13.5. The van der Waals surface area contributed by atoms with Crippen molar-refractivity contribution in [3.8, 4) is 17.2 Å². The maximum atomic E-state index is 13.5. The lowest BCUT2D eigenvalue weighted by molar-refractivity contribution is -0.120. The first kappa shape index (κ1) is 24.7. The molecule has 1 heterocycles. The first-order chi connectivity index (χ1) is 16.8. The minimum Gasteiger partial charge on any atom is -0.495 e. The number of ether oxygens (including phenoxy) is 3. The van der Waals surface area contributed by atoms with Crippen LogP contribution in [-0.4, -0.2) is 47.2 Å². The highest BCUT2D eigenvalue weighted by molar-refractivity contribution is 7.92. The third-order valence-electron chi connectivity index (χ3n) is 5.41. The van der Waals surface area contributed by atoms with Gasteiger partial charge >= 0.3 is 0 Å². The van der Waals surface area contributed by atoms with E-state index in [-0.39, 0.29) is 28.8 Å². The van der Waals surface area contributed by atoms with E-state index in [2.05, 4.69) is 5.32 Å². The molecule has 1 atom stereocenters. The second-order valence-corrected chi connectivity index (χ2v) is 10.2. The van der Waals surface area contributed by atoms with Crippen molar-refractivity contribution in [3.63, 3.8) is 0 Å². The highest BCUT2D eigenvalue weighted by Gasteiger charge is 2.28. The van der Waals surface area contributed by atoms with Crippen LogP contribution in [0.15, 0.2) is 71.6 Å². The molecule has 35 heavy (non-hydrogen) atoms. The van der Waals surface area contributed by atoms with Gasteiger partial charge in [-0.25, -0.2) is 8.42 Å². The summed E-state index contributed by atoms with van der Waals surface area (Å²) in [5.74, 6) is 1.12. The van der Waals surface area contributed by atoms with Gasteiger partial charge in [-0.05, 0) is 49.4 Å². The minimum absolute atomic E-state index is 0.0588. The maximum Gasteiger partial charge on any atom is 0.264 e. The van der Waals surface area contributed by atoms with Crippen LogP contribution >= 0.6 is 11.6 Å². The van der Waals surface area contributed by atoms with Crippen LogP contribution in [0.2, 0.25) is 5.02 Å². The number of methoxy groups -OCH3 is 1. The summed E-state index contributed by atoms with van der Waals surface area (Å²) >= 11 is 6.25. The van der Waals surface area contributed by atoms with Crippen LogP contribution in [-0.2, 0) is 14.8 Å². The minimum atomic E-state index is -4.07. The molecule has 8 nitrogen and oxygen atoms in total. The Morgan fingerprint density at radius 1 is 1.11 bits per heavy atom. The first-order valence-electron chi connectivity index (χ1n) is 10.9. The predicted octanol–water partition coefficient (Wildman–Crippen LogP) is 3.81. The highest BCUT2D eigenvalue weighted by atomic mass is 35.5. The molecule has 3 aromatic rings. The Balaban J connectivity index is 1.53. The number of fused-ring (bicyclic) bond motifs is 1. The van der Waals surface area contributed by atoms with Crippen molar-refractivity contribution in [2.45, 2.75) is 17.9 Å². The molecular formula is C25H25ClN2O6S. The molecule has 0 aromatic heterocycles. The number of para-hydroxylation sites is 2. The van der Waals surface area contributed by atoms with Crippen LogP contribution in [0.1, 0.15) is 5.56 Å². The number of hydrogen-bond donors (Lipinski definition) is 1. The van der Waals surface area contributed by atoms with E-state index >= 15 is 0 Å². The Bertz CT molecular complexity index is 1310.